The molecule has 0 N–H and O–H groups in total. The normalized spacial score (nSPS) is 29.7. The molecule has 0 amide bonds. The zero-order chi connectivity index (χ0) is 17.5. The summed E-state index contributed by atoms with van der Waals surface area (Å²) in [6.45, 7) is 21.1. The van der Waals surface area contributed by atoms with Gasteiger partial charge in [-0.3, -0.25) is 0 Å². The van der Waals surface area contributed by atoms with Gasteiger partial charge in [0, 0.05) is 0 Å². The predicted octanol–water partition coefficient (Wildman–Crippen LogP) is 4.63. The SMILES string of the molecule is CCCC(OC(CCC)(C1CO1)[Si](C)(C)C)(C1CO1)[Si](C)(C)C. The predicted molar refractivity (Wildman–Crippen MR) is 103 cm³/mol. The lowest BCUT2D eigenvalue weighted by Gasteiger charge is -2.53. The largest absolute Gasteiger partial charge is 0.370 e. The lowest BCUT2D eigenvalue weighted by atomic mass is 10.1. The number of hydrogen-bond acceptors (Lipinski definition) is 3. The van der Waals surface area contributed by atoms with Crippen molar-refractivity contribution >= 4 is 16.1 Å². The summed E-state index contributed by atoms with van der Waals surface area (Å²) in [6.07, 6.45) is 5.17. The molecular formula is C18H38O3Si2. The summed E-state index contributed by atoms with van der Waals surface area (Å²) in [4.78, 5) is 0. The first-order valence-corrected chi connectivity index (χ1v) is 16.5. The zero-order valence-electron chi connectivity index (χ0n) is 16.6. The molecule has 0 spiro atoms. The topological polar surface area (TPSA) is 34.3 Å². The molecule has 2 aliphatic heterocycles. The van der Waals surface area contributed by atoms with Gasteiger partial charge >= 0.3 is 0 Å². The molecule has 2 saturated heterocycles. The van der Waals surface area contributed by atoms with E-state index in [1.807, 2.05) is 0 Å². The van der Waals surface area contributed by atoms with Gasteiger partial charge in [0.15, 0.2) is 0 Å². The number of epoxide rings is 2. The smallest absolute Gasteiger partial charge is 0.107 e. The van der Waals surface area contributed by atoms with E-state index in [0.29, 0.717) is 12.2 Å². The van der Waals surface area contributed by atoms with E-state index in [4.69, 9.17) is 14.2 Å². The third-order valence-electron chi connectivity index (χ3n) is 5.85. The van der Waals surface area contributed by atoms with Crippen molar-refractivity contribution < 1.29 is 14.2 Å². The molecule has 0 aromatic carbocycles. The molecule has 4 atom stereocenters. The van der Waals surface area contributed by atoms with Crippen LogP contribution in [-0.2, 0) is 14.2 Å². The van der Waals surface area contributed by atoms with Crippen LogP contribution in [0.1, 0.15) is 39.5 Å². The highest BCUT2D eigenvalue weighted by Crippen LogP contribution is 2.49. The Morgan fingerprint density at radius 2 is 1.09 bits per heavy atom. The quantitative estimate of drug-likeness (QED) is 0.422. The van der Waals surface area contributed by atoms with E-state index in [9.17, 15) is 0 Å². The standard InChI is InChI=1S/C18H38O3Si2/c1-9-11-17(15-13-19-15,22(3,4)5)21-18(12-10-2,16-14-20-16)23(6,7)8/h15-16H,9-14H2,1-8H3. The van der Waals surface area contributed by atoms with Gasteiger partial charge in [0.25, 0.3) is 0 Å². The molecule has 2 fully saturated rings. The highest BCUT2D eigenvalue weighted by atomic mass is 28.3. The Kier molecular flexibility index (Phi) is 5.60. The molecule has 0 aliphatic carbocycles. The molecule has 136 valence electrons. The van der Waals surface area contributed by atoms with E-state index in [1.165, 1.54) is 0 Å². The van der Waals surface area contributed by atoms with Gasteiger partial charge in [-0.15, -0.1) is 0 Å². The van der Waals surface area contributed by atoms with Crippen LogP contribution in [0.25, 0.3) is 0 Å². The minimum absolute atomic E-state index is 0.0663. The van der Waals surface area contributed by atoms with Crippen LogP contribution in [0.4, 0.5) is 0 Å². The van der Waals surface area contributed by atoms with Crippen molar-refractivity contribution in [3.63, 3.8) is 0 Å². The Hall–Kier alpha value is 0.314. The van der Waals surface area contributed by atoms with Gasteiger partial charge in [-0.25, -0.2) is 0 Å². The van der Waals surface area contributed by atoms with Gasteiger partial charge in [-0.1, -0.05) is 66.0 Å². The van der Waals surface area contributed by atoms with Crippen molar-refractivity contribution in [2.24, 2.45) is 0 Å². The van der Waals surface area contributed by atoms with Crippen molar-refractivity contribution in [2.75, 3.05) is 13.2 Å². The summed E-state index contributed by atoms with van der Waals surface area (Å²) in [5.41, 5.74) is 0. The molecule has 4 unspecified atom stereocenters. The van der Waals surface area contributed by atoms with Crippen molar-refractivity contribution in [3.8, 4) is 0 Å². The molecular weight excluding hydrogens is 320 g/mol. The first kappa shape index (κ1) is 19.6. The average Bonchev–Trinajstić information content (AvgIpc) is 3.27. The van der Waals surface area contributed by atoms with Crippen LogP contribution >= 0.6 is 0 Å². The van der Waals surface area contributed by atoms with Crippen LogP contribution in [0.5, 0.6) is 0 Å². The maximum Gasteiger partial charge on any atom is 0.107 e. The van der Waals surface area contributed by atoms with Crippen LogP contribution in [-0.4, -0.2) is 52.0 Å². The number of hydrogen-bond donors (Lipinski definition) is 0. The first-order chi connectivity index (χ1) is 10.5. The summed E-state index contributed by atoms with van der Waals surface area (Å²) < 4.78 is 19.1. The van der Waals surface area contributed by atoms with E-state index in [1.54, 1.807) is 0 Å². The van der Waals surface area contributed by atoms with Gasteiger partial charge in [0.05, 0.1) is 39.8 Å². The van der Waals surface area contributed by atoms with E-state index < -0.39 is 16.1 Å². The zero-order valence-corrected chi connectivity index (χ0v) is 18.6. The van der Waals surface area contributed by atoms with Crippen LogP contribution in [0.15, 0.2) is 0 Å². The molecule has 0 bridgehead atoms. The van der Waals surface area contributed by atoms with Crippen LogP contribution in [0.3, 0.4) is 0 Å². The molecule has 3 nitrogen and oxygen atoms in total. The van der Waals surface area contributed by atoms with Crippen molar-refractivity contribution in [1.82, 2.24) is 0 Å². The monoisotopic (exact) mass is 358 g/mol. The maximum atomic E-state index is 7.36. The van der Waals surface area contributed by atoms with Crippen LogP contribution in [0, 0.1) is 0 Å². The second-order valence-corrected chi connectivity index (χ2v) is 20.2. The number of rotatable bonds is 10. The fourth-order valence-electron chi connectivity index (χ4n) is 4.28. The molecule has 5 heteroatoms. The Morgan fingerprint density at radius 1 is 0.783 bits per heavy atom. The third kappa shape index (κ3) is 3.64. The average molecular weight is 359 g/mol. The van der Waals surface area contributed by atoms with Gasteiger partial charge < -0.3 is 14.2 Å². The molecule has 0 saturated carbocycles. The van der Waals surface area contributed by atoms with E-state index in [2.05, 4.69) is 53.1 Å². The summed E-state index contributed by atoms with van der Waals surface area (Å²) >= 11 is 0. The maximum absolute atomic E-state index is 7.36. The fraction of sp³-hybridized carbons (Fsp3) is 1.00. The molecule has 2 aliphatic rings. The molecule has 2 heterocycles. The minimum Gasteiger partial charge on any atom is -0.370 e. The van der Waals surface area contributed by atoms with Gasteiger partial charge in [0.2, 0.25) is 0 Å². The number of ether oxygens (including phenoxy) is 3. The fourth-order valence-corrected chi connectivity index (χ4v) is 9.62. The van der Waals surface area contributed by atoms with Crippen molar-refractivity contribution in [3.05, 3.63) is 0 Å². The molecule has 0 aromatic heterocycles. The summed E-state index contributed by atoms with van der Waals surface area (Å²) in [5, 5.41) is -0.133. The van der Waals surface area contributed by atoms with Gasteiger partial charge in [-0.05, 0) is 12.8 Å². The highest BCUT2D eigenvalue weighted by molar-refractivity contribution is 6.80. The Labute approximate surface area is 145 Å². The Balaban J connectivity index is 2.45. The summed E-state index contributed by atoms with van der Waals surface area (Å²) in [7, 11) is -3.15. The van der Waals surface area contributed by atoms with E-state index in [-0.39, 0.29) is 10.4 Å². The molecule has 2 rings (SSSR count). The van der Waals surface area contributed by atoms with Crippen LogP contribution in [0.2, 0.25) is 39.3 Å². The lowest BCUT2D eigenvalue weighted by molar-refractivity contribution is -0.111. The van der Waals surface area contributed by atoms with Crippen molar-refractivity contribution in [1.29, 1.82) is 0 Å². The summed E-state index contributed by atoms with van der Waals surface area (Å²) in [6, 6.07) is 0. The summed E-state index contributed by atoms with van der Waals surface area (Å²) in [5.74, 6) is 0. The van der Waals surface area contributed by atoms with Gasteiger partial charge in [-0.2, -0.15) is 0 Å². The third-order valence-corrected chi connectivity index (χ3v) is 12.3. The van der Waals surface area contributed by atoms with Crippen molar-refractivity contribution in [2.45, 2.75) is 101 Å². The second kappa shape index (κ2) is 6.56. The van der Waals surface area contributed by atoms with E-state index in [0.717, 1.165) is 38.9 Å². The second-order valence-electron chi connectivity index (χ2n) is 9.52. The van der Waals surface area contributed by atoms with Gasteiger partial charge in [0.1, 0.15) is 12.2 Å². The molecule has 23 heavy (non-hydrogen) atoms. The Morgan fingerprint density at radius 3 is 1.26 bits per heavy atom. The minimum atomic E-state index is -1.57. The Bertz CT molecular complexity index is 369. The first-order valence-electron chi connectivity index (χ1n) is 9.47. The molecule has 0 radical (unpaired) electrons. The molecule has 0 aromatic rings. The van der Waals surface area contributed by atoms with Crippen LogP contribution < -0.4 is 0 Å². The lowest BCUT2D eigenvalue weighted by Crippen LogP contribution is -2.69. The van der Waals surface area contributed by atoms with E-state index >= 15 is 0 Å². The highest BCUT2D eigenvalue weighted by Gasteiger charge is 2.64.